The van der Waals surface area contributed by atoms with E-state index in [1.807, 2.05) is 53.9 Å². The van der Waals surface area contributed by atoms with E-state index in [4.69, 9.17) is 10.5 Å². The standard InChI is InChI=1S/C16H13BrN2OS/c17-13-5-1-11(2-6-13)9-20-14-7-3-12(4-8-14)15-10-21-16(18)19-15/h1-8,10H,9H2,(H2,18,19). The summed E-state index contributed by atoms with van der Waals surface area (Å²) >= 11 is 4.86. The van der Waals surface area contributed by atoms with Gasteiger partial charge in [-0.15, -0.1) is 11.3 Å². The van der Waals surface area contributed by atoms with Crippen LogP contribution in [-0.2, 0) is 6.61 Å². The fraction of sp³-hybridized carbons (Fsp3) is 0.0625. The Bertz CT molecular complexity index is 723. The lowest BCUT2D eigenvalue weighted by atomic mass is 10.2. The van der Waals surface area contributed by atoms with Gasteiger partial charge in [-0.3, -0.25) is 0 Å². The summed E-state index contributed by atoms with van der Waals surface area (Å²) in [6.45, 7) is 0.552. The Morgan fingerprint density at radius 1 is 1.05 bits per heavy atom. The van der Waals surface area contributed by atoms with E-state index >= 15 is 0 Å². The number of nitrogens with two attached hydrogens (primary N) is 1. The molecule has 2 aromatic carbocycles. The third kappa shape index (κ3) is 3.62. The van der Waals surface area contributed by atoms with Gasteiger partial charge >= 0.3 is 0 Å². The van der Waals surface area contributed by atoms with Gasteiger partial charge < -0.3 is 10.5 Å². The molecule has 1 aromatic heterocycles. The van der Waals surface area contributed by atoms with Crippen molar-refractivity contribution in [1.82, 2.24) is 4.98 Å². The molecule has 3 aromatic rings. The van der Waals surface area contributed by atoms with Crippen molar-refractivity contribution in [3.63, 3.8) is 0 Å². The first-order valence-electron chi connectivity index (χ1n) is 6.39. The van der Waals surface area contributed by atoms with E-state index < -0.39 is 0 Å². The Hall–Kier alpha value is -1.85. The summed E-state index contributed by atoms with van der Waals surface area (Å²) in [4.78, 5) is 4.26. The van der Waals surface area contributed by atoms with Gasteiger partial charge in [0.25, 0.3) is 0 Å². The van der Waals surface area contributed by atoms with Crippen molar-refractivity contribution in [2.75, 3.05) is 5.73 Å². The van der Waals surface area contributed by atoms with Crippen LogP contribution in [0.3, 0.4) is 0 Å². The second-order valence-corrected chi connectivity index (χ2v) is 6.32. The SMILES string of the molecule is Nc1nc(-c2ccc(OCc3ccc(Br)cc3)cc2)cs1. The molecule has 0 spiro atoms. The molecule has 3 rings (SSSR count). The van der Waals surface area contributed by atoms with Crippen molar-refractivity contribution >= 4 is 32.4 Å². The Morgan fingerprint density at radius 3 is 2.38 bits per heavy atom. The molecule has 3 nitrogen and oxygen atoms in total. The number of halogens is 1. The predicted octanol–water partition coefficient (Wildman–Crippen LogP) is 4.73. The highest BCUT2D eigenvalue weighted by Gasteiger charge is 2.03. The van der Waals surface area contributed by atoms with Gasteiger partial charge in [0.1, 0.15) is 12.4 Å². The highest BCUT2D eigenvalue weighted by molar-refractivity contribution is 9.10. The van der Waals surface area contributed by atoms with Gasteiger partial charge in [0.15, 0.2) is 5.13 Å². The van der Waals surface area contributed by atoms with Crippen LogP contribution in [0.5, 0.6) is 5.75 Å². The molecule has 0 aliphatic heterocycles. The summed E-state index contributed by atoms with van der Waals surface area (Å²) in [7, 11) is 0. The number of hydrogen-bond donors (Lipinski definition) is 1. The van der Waals surface area contributed by atoms with E-state index in [0.717, 1.165) is 27.0 Å². The number of aromatic nitrogens is 1. The van der Waals surface area contributed by atoms with E-state index in [9.17, 15) is 0 Å². The summed E-state index contributed by atoms with van der Waals surface area (Å²) in [6.07, 6.45) is 0. The largest absolute Gasteiger partial charge is 0.489 e. The van der Waals surface area contributed by atoms with E-state index in [1.54, 1.807) is 0 Å². The number of nitrogen functional groups attached to an aromatic ring is 1. The Morgan fingerprint density at radius 2 is 1.76 bits per heavy atom. The minimum absolute atomic E-state index is 0.552. The van der Waals surface area contributed by atoms with Crippen LogP contribution in [0, 0.1) is 0 Å². The van der Waals surface area contributed by atoms with Crippen molar-refractivity contribution in [3.05, 3.63) is 63.9 Å². The Balaban J connectivity index is 1.65. The maximum absolute atomic E-state index is 5.77. The second-order valence-electron chi connectivity index (χ2n) is 4.51. The lowest BCUT2D eigenvalue weighted by Gasteiger charge is -2.07. The van der Waals surface area contributed by atoms with Gasteiger partial charge in [0.05, 0.1) is 5.69 Å². The van der Waals surface area contributed by atoms with Crippen molar-refractivity contribution in [1.29, 1.82) is 0 Å². The summed E-state index contributed by atoms with van der Waals surface area (Å²) in [5.41, 5.74) is 8.72. The number of benzene rings is 2. The number of ether oxygens (including phenoxy) is 1. The molecule has 5 heteroatoms. The summed E-state index contributed by atoms with van der Waals surface area (Å²) < 4.78 is 6.84. The fourth-order valence-electron chi connectivity index (χ4n) is 1.89. The Kier molecular flexibility index (Phi) is 4.22. The maximum atomic E-state index is 5.77. The first-order chi connectivity index (χ1) is 10.2. The normalized spacial score (nSPS) is 10.5. The van der Waals surface area contributed by atoms with E-state index in [-0.39, 0.29) is 0 Å². The van der Waals surface area contributed by atoms with Gasteiger partial charge in [0.2, 0.25) is 0 Å². The zero-order valence-electron chi connectivity index (χ0n) is 11.1. The minimum Gasteiger partial charge on any atom is -0.489 e. The van der Waals surface area contributed by atoms with Crippen molar-refractivity contribution < 1.29 is 4.74 Å². The summed E-state index contributed by atoms with van der Waals surface area (Å²) in [5, 5.41) is 2.54. The van der Waals surface area contributed by atoms with Crippen LogP contribution in [0.25, 0.3) is 11.3 Å². The quantitative estimate of drug-likeness (QED) is 0.731. The van der Waals surface area contributed by atoms with Crippen LogP contribution in [0.1, 0.15) is 5.56 Å². The van der Waals surface area contributed by atoms with Crippen LogP contribution in [0.4, 0.5) is 5.13 Å². The van der Waals surface area contributed by atoms with Crippen molar-refractivity contribution in [2.24, 2.45) is 0 Å². The molecule has 0 amide bonds. The molecular weight excluding hydrogens is 348 g/mol. The molecule has 0 atom stereocenters. The minimum atomic E-state index is 0.552. The molecule has 0 saturated carbocycles. The van der Waals surface area contributed by atoms with Gasteiger partial charge in [-0.25, -0.2) is 4.98 Å². The molecule has 106 valence electrons. The molecule has 21 heavy (non-hydrogen) atoms. The molecule has 2 N–H and O–H groups in total. The molecule has 0 radical (unpaired) electrons. The van der Waals surface area contributed by atoms with Crippen molar-refractivity contribution in [2.45, 2.75) is 6.61 Å². The lowest BCUT2D eigenvalue weighted by Crippen LogP contribution is -1.94. The predicted molar refractivity (Wildman–Crippen MR) is 90.4 cm³/mol. The fourth-order valence-corrected chi connectivity index (χ4v) is 2.73. The molecule has 0 aliphatic carbocycles. The molecule has 0 saturated heterocycles. The summed E-state index contributed by atoms with van der Waals surface area (Å²) in [6, 6.07) is 16.0. The highest BCUT2D eigenvalue weighted by atomic mass is 79.9. The number of anilines is 1. The zero-order valence-corrected chi connectivity index (χ0v) is 13.5. The van der Waals surface area contributed by atoms with E-state index in [0.29, 0.717) is 11.7 Å². The third-order valence-corrected chi connectivity index (χ3v) is 4.19. The summed E-state index contributed by atoms with van der Waals surface area (Å²) in [5.74, 6) is 0.838. The topological polar surface area (TPSA) is 48.1 Å². The molecule has 0 fully saturated rings. The highest BCUT2D eigenvalue weighted by Crippen LogP contribution is 2.25. The average molecular weight is 361 g/mol. The number of nitrogens with zero attached hydrogens (tertiary/aromatic N) is 1. The molecule has 0 aliphatic rings. The number of rotatable bonds is 4. The van der Waals surface area contributed by atoms with E-state index in [1.165, 1.54) is 11.3 Å². The van der Waals surface area contributed by atoms with Crippen LogP contribution in [-0.4, -0.2) is 4.98 Å². The first-order valence-corrected chi connectivity index (χ1v) is 8.07. The second kappa shape index (κ2) is 6.28. The monoisotopic (exact) mass is 360 g/mol. The lowest BCUT2D eigenvalue weighted by molar-refractivity contribution is 0.306. The number of thiazole rings is 1. The van der Waals surface area contributed by atoms with Crippen molar-refractivity contribution in [3.8, 4) is 17.0 Å². The molecular formula is C16H13BrN2OS. The van der Waals surface area contributed by atoms with Gasteiger partial charge in [-0.1, -0.05) is 28.1 Å². The molecule has 1 heterocycles. The maximum Gasteiger partial charge on any atom is 0.180 e. The van der Waals surface area contributed by atoms with Gasteiger partial charge in [0, 0.05) is 15.4 Å². The first kappa shape index (κ1) is 14.1. The van der Waals surface area contributed by atoms with Gasteiger partial charge in [-0.2, -0.15) is 0 Å². The Labute approximate surface area is 135 Å². The van der Waals surface area contributed by atoms with Crippen LogP contribution in [0.2, 0.25) is 0 Å². The average Bonchev–Trinajstić information content (AvgIpc) is 2.94. The van der Waals surface area contributed by atoms with Gasteiger partial charge in [-0.05, 0) is 42.0 Å². The third-order valence-electron chi connectivity index (χ3n) is 2.99. The van der Waals surface area contributed by atoms with Crippen LogP contribution in [0.15, 0.2) is 58.4 Å². The number of hydrogen-bond acceptors (Lipinski definition) is 4. The molecule has 0 unspecified atom stereocenters. The molecule has 0 bridgehead atoms. The smallest absolute Gasteiger partial charge is 0.180 e. The zero-order chi connectivity index (χ0) is 14.7. The van der Waals surface area contributed by atoms with Crippen LogP contribution < -0.4 is 10.5 Å². The van der Waals surface area contributed by atoms with Crippen LogP contribution >= 0.6 is 27.3 Å². The van der Waals surface area contributed by atoms with E-state index in [2.05, 4.69) is 20.9 Å².